The molecule has 184 valence electrons. The number of aromatic nitrogens is 2. The Labute approximate surface area is 216 Å². The van der Waals surface area contributed by atoms with Crippen molar-refractivity contribution in [3.63, 3.8) is 0 Å². The average Bonchev–Trinajstić information content (AvgIpc) is 3.45. The number of nitrogens with zero attached hydrogens (tertiary/aromatic N) is 4. The summed E-state index contributed by atoms with van der Waals surface area (Å²) in [5, 5.41) is 0. The average molecular weight is 479 g/mol. The van der Waals surface area contributed by atoms with Gasteiger partial charge in [0.15, 0.2) is 37.9 Å². The van der Waals surface area contributed by atoms with Crippen LogP contribution in [0.1, 0.15) is 35.1 Å². The summed E-state index contributed by atoms with van der Waals surface area (Å²) >= 11 is 0. The third kappa shape index (κ3) is 6.31. The van der Waals surface area contributed by atoms with Gasteiger partial charge >= 0.3 is 0 Å². The topological polar surface area (TPSA) is 14.2 Å². The van der Waals surface area contributed by atoms with Crippen molar-refractivity contribution in [1.29, 1.82) is 0 Å². The van der Waals surface area contributed by atoms with Gasteiger partial charge in [0.25, 0.3) is 0 Å². The summed E-state index contributed by atoms with van der Waals surface area (Å²) in [5.41, 5.74) is 8.04. The van der Waals surface area contributed by atoms with Crippen molar-refractivity contribution in [1.82, 2.24) is 0 Å². The van der Waals surface area contributed by atoms with Crippen LogP contribution < -0.4 is 18.9 Å². The van der Waals surface area contributed by atoms with Gasteiger partial charge < -0.3 is 9.80 Å². The minimum absolute atomic E-state index is 0.897. The predicted molar refractivity (Wildman–Crippen MR) is 148 cm³/mol. The van der Waals surface area contributed by atoms with Crippen LogP contribution in [0.2, 0.25) is 0 Å². The van der Waals surface area contributed by atoms with Crippen LogP contribution in [-0.2, 0) is 25.9 Å². The lowest BCUT2D eigenvalue weighted by Crippen LogP contribution is -2.33. The zero-order valence-corrected chi connectivity index (χ0v) is 21.7. The van der Waals surface area contributed by atoms with E-state index in [-0.39, 0.29) is 0 Å². The number of hydrogen-bond acceptors (Lipinski definition) is 2. The maximum Gasteiger partial charge on any atom is 0.173 e. The number of hydrogen-bond donors (Lipinski definition) is 0. The Morgan fingerprint density at radius 1 is 0.583 bits per heavy atom. The second kappa shape index (κ2) is 11.4. The highest BCUT2D eigenvalue weighted by Gasteiger charge is 2.13. The Hall–Kier alpha value is -3.66. The molecule has 2 aromatic carbocycles. The van der Waals surface area contributed by atoms with Crippen LogP contribution in [0.3, 0.4) is 0 Å². The minimum atomic E-state index is 0.897. The molecule has 1 fully saturated rings. The lowest BCUT2D eigenvalue weighted by atomic mass is 10.0. The smallest absolute Gasteiger partial charge is 0.173 e. The molecule has 3 heterocycles. The van der Waals surface area contributed by atoms with Crippen molar-refractivity contribution in [2.24, 2.45) is 0 Å². The quantitative estimate of drug-likeness (QED) is 0.321. The van der Waals surface area contributed by atoms with E-state index in [1.54, 1.807) is 0 Å². The fourth-order valence-electron chi connectivity index (χ4n) is 4.93. The van der Waals surface area contributed by atoms with Crippen LogP contribution in [0.4, 0.5) is 11.4 Å². The van der Waals surface area contributed by atoms with Crippen molar-refractivity contribution in [3.05, 3.63) is 120 Å². The molecule has 0 aliphatic carbocycles. The molecule has 4 heteroatoms. The van der Waals surface area contributed by atoms with Gasteiger partial charge in [-0.3, -0.25) is 0 Å². The number of pyridine rings is 2. The molecule has 36 heavy (non-hydrogen) atoms. The van der Waals surface area contributed by atoms with Crippen molar-refractivity contribution < 1.29 is 9.13 Å². The SMILES string of the molecule is CN(C)c1cc[n+](Cc2ccc(CCc3ccc(C[n+]4ccc(N5CCCC5)cc4)cc3)cc2)cc1. The van der Waals surface area contributed by atoms with Gasteiger partial charge in [0.1, 0.15) is 0 Å². The molecule has 0 spiro atoms. The van der Waals surface area contributed by atoms with Crippen LogP contribution in [-0.4, -0.2) is 27.2 Å². The molecule has 0 N–H and O–H groups in total. The number of benzene rings is 2. The molecular formula is C32H38N4+2. The lowest BCUT2D eigenvalue weighted by molar-refractivity contribution is -0.688. The molecule has 0 amide bonds. The predicted octanol–water partition coefficient (Wildman–Crippen LogP) is 4.81. The van der Waals surface area contributed by atoms with Crippen molar-refractivity contribution in [2.75, 3.05) is 37.0 Å². The maximum absolute atomic E-state index is 2.48. The van der Waals surface area contributed by atoms with Crippen LogP contribution in [0, 0.1) is 0 Å². The molecule has 0 unspecified atom stereocenters. The van der Waals surface area contributed by atoms with Crippen molar-refractivity contribution >= 4 is 11.4 Å². The zero-order valence-electron chi connectivity index (χ0n) is 21.7. The Bertz CT molecular complexity index is 1220. The highest BCUT2D eigenvalue weighted by atomic mass is 15.1. The van der Waals surface area contributed by atoms with E-state index in [2.05, 4.69) is 131 Å². The summed E-state index contributed by atoms with van der Waals surface area (Å²) in [6.45, 7) is 4.20. The molecule has 0 bridgehead atoms. The van der Waals surface area contributed by atoms with E-state index in [0.717, 1.165) is 25.9 Å². The molecule has 0 radical (unpaired) electrons. The first kappa shape index (κ1) is 24.1. The molecule has 1 aliphatic rings. The van der Waals surface area contributed by atoms with Gasteiger partial charge in [-0.25, -0.2) is 9.13 Å². The summed E-state index contributed by atoms with van der Waals surface area (Å²) in [6, 6.07) is 27.0. The summed E-state index contributed by atoms with van der Waals surface area (Å²) in [6.07, 6.45) is 13.5. The van der Waals surface area contributed by atoms with E-state index in [4.69, 9.17) is 0 Å². The summed E-state index contributed by atoms with van der Waals surface area (Å²) in [7, 11) is 4.14. The standard InChI is InChI=1S/C32H38N4/c1-33(2)31-15-21-34(22-16-31)25-29-11-7-27(8-12-29)5-6-28-9-13-30(14-10-28)26-35-23-17-32(18-24-35)36-19-3-4-20-36/h7-18,21-24H,3-6,19-20,25-26H2,1-2H3/q+2. The molecule has 1 aliphatic heterocycles. The fraction of sp³-hybridized carbons (Fsp3) is 0.312. The van der Waals surface area contributed by atoms with Crippen LogP contribution >= 0.6 is 0 Å². The number of aryl methyl sites for hydroxylation is 2. The highest BCUT2D eigenvalue weighted by Crippen LogP contribution is 2.18. The first-order valence-electron chi connectivity index (χ1n) is 13.2. The minimum Gasteiger partial charge on any atom is -0.377 e. The third-order valence-electron chi connectivity index (χ3n) is 7.21. The van der Waals surface area contributed by atoms with Gasteiger partial charge in [0, 0.05) is 74.0 Å². The van der Waals surface area contributed by atoms with Gasteiger partial charge in [0.2, 0.25) is 0 Å². The van der Waals surface area contributed by atoms with Crippen LogP contribution in [0.5, 0.6) is 0 Å². The molecule has 4 aromatic rings. The molecule has 0 saturated carbocycles. The van der Waals surface area contributed by atoms with Crippen LogP contribution in [0.15, 0.2) is 97.6 Å². The van der Waals surface area contributed by atoms with Gasteiger partial charge in [-0.1, -0.05) is 48.5 Å². The highest BCUT2D eigenvalue weighted by molar-refractivity contribution is 5.44. The number of anilines is 2. The van der Waals surface area contributed by atoms with Crippen LogP contribution in [0.25, 0.3) is 0 Å². The molecular weight excluding hydrogens is 440 g/mol. The summed E-state index contributed by atoms with van der Waals surface area (Å²) in [4.78, 5) is 4.61. The zero-order chi connectivity index (χ0) is 24.7. The molecule has 2 aromatic heterocycles. The monoisotopic (exact) mass is 478 g/mol. The van der Waals surface area contributed by atoms with E-state index in [1.165, 1.54) is 59.6 Å². The molecule has 1 saturated heterocycles. The van der Waals surface area contributed by atoms with Gasteiger partial charge in [-0.05, 0) is 36.8 Å². The Kier molecular flexibility index (Phi) is 7.61. The van der Waals surface area contributed by atoms with E-state index in [0.29, 0.717) is 0 Å². The summed E-state index contributed by atoms with van der Waals surface area (Å²) < 4.78 is 4.49. The van der Waals surface area contributed by atoms with Crippen molar-refractivity contribution in [2.45, 2.75) is 38.8 Å². The van der Waals surface area contributed by atoms with E-state index in [9.17, 15) is 0 Å². The van der Waals surface area contributed by atoms with Crippen molar-refractivity contribution in [3.8, 4) is 0 Å². The first-order chi connectivity index (χ1) is 17.6. The Balaban J connectivity index is 1.10. The fourth-order valence-corrected chi connectivity index (χ4v) is 4.93. The molecule has 0 atom stereocenters. The second-order valence-corrected chi connectivity index (χ2v) is 10.2. The van der Waals surface area contributed by atoms with Gasteiger partial charge in [-0.15, -0.1) is 0 Å². The normalized spacial score (nSPS) is 13.2. The Morgan fingerprint density at radius 2 is 1.00 bits per heavy atom. The maximum atomic E-state index is 2.48. The third-order valence-corrected chi connectivity index (χ3v) is 7.21. The van der Waals surface area contributed by atoms with E-state index >= 15 is 0 Å². The van der Waals surface area contributed by atoms with Gasteiger partial charge in [0.05, 0.1) is 0 Å². The Morgan fingerprint density at radius 3 is 1.44 bits per heavy atom. The van der Waals surface area contributed by atoms with E-state index < -0.39 is 0 Å². The molecule has 4 nitrogen and oxygen atoms in total. The lowest BCUT2D eigenvalue weighted by Gasteiger charge is -2.16. The van der Waals surface area contributed by atoms with E-state index in [1.807, 2.05) is 0 Å². The second-order valence-electron chi connectivity index (χ2n) is 10.2. The van der Waals surface area contributed by atoms with Gasteiger partial charge in [-0.2, -0.15) is 0 Å². The molecule has 5 rings (SSSR count). The summed E-state index contributed by atoms with van der Waals surface area (Å²) in [5.74, 6) is 0. The number of rotatable bonds is 9. The largest absolute Gasteiger partial charge is 0.377 e. The first-order valence-corrected chi connectivity index (χ1v) is 13.2.